The zero-order chi connectivity index (χ0) is 10.7. The molecule has 0 aromatic carbocycles. The van der Waals surface area contributed by atoms with Gasteiger partial charge in [0.15, 0.2) is 0 Å². The smallest absolute Gasteiger partial charge is 0.147 e. The van der Waals surface area contributed by atoms with Crippen molar-refractivity contribution in [3.63, 3.8) is 0 Å². The number of sulfone groups is 1. The minimum Gasteiger partial charge on any atom is -0.393 e. The lowest BCUT2D eigenvalue weighted by atomic mass is 9.88. The third-order valence-corrected chi connectivity index (χ3v) is 2.65. The van der Waals surface area contributed by atoms with Gasteiger partial charge in [0.1, 0.15) is 9.84 Å². The van der Waals surface area contributed by atoms with E-state index >= 15 is 0 Å². The van der Waals surface area contributed by atoms with E-state index in [-0.39, 0.29) is 11.2 Å². The molecule has 0 fully saturated rings. The zero-order valence-electron chi connectivity index (χ0n) is 8.87. The lowest BCUT2D eigenvalue weighted by Crippen LogP contribution is -2.20. The molecule has 0 rings (SSSR count). The second-order valence-electron chi connectivity index (χ2n) is 4.84. The molecular weight excluding hydrogens is 188 g/mol. The fourth-order valence-corrected chi connectivity index (χ4v) is 1.86. The molecule has 13 heavy (non-hydrogen) atoms. The van der Waals surface area contributed by atoms with Crippen LogP contribution in [0.4, 0.5) is 0 Å². The summed E-state index contributed by atoms with van der Waals surface area (Å²) in [4.78, 5) is 0. The van der Waals surface area contributed by atoms with Crippen LogP contribution in [0.3, 0.4) is 0 Å². The maximum absolute atomic E-state index is 10.8. The highest BCUT2D eigenvalue weighted by Gasteiger charge is 2.17. The summed E-state index contributed by atoms with van der Waals surface area (Å²) in [5, 5.41) is 9.48. The van der Waals surface area contributed by atoms with E-state index in [0.29, 0.717) is 12.8 Å². The maximum Gasteiger partial charge on any atom is 0.147 e. The Balaban J connectivity index is 3.84. The van der Waals surface area contributed by atoms with Crippen LogP contribution >= 0.6 is 0 Å². The third kappa shape index (κ3) is 9.83. The molecule has 0 spiro atoms. The highest BCUT2D eigenvalue weighted by atomic mass is 32.2. The standard InChI is InChI=1S/C9H20O3S/c1-9(2,3)7-8(10)5-6-13(4,11)12/h8,10H,5-7H2,1-4H3. The molecular formula is C9H20O3S. The van der Waals surface area contributed by atoms with Crippen molar-refractivity contribution in [1.82, 2.24) is 0 Å². The fraction of sp³-hybridized carbons (Fsp3) is 1.00. The summed E-state index contributed by atoms with van der Waals surface area (Å²) in [6.07, 6.45) is 1.67. The Morgan fingerprint density at radius 3 is 2.08 bits per heavy atom. The van der Waals surface area contributed by atoms with Crippen LogP contribution in [0, 0.1) is 5.41 Å². The van der Waals surface area contributed by atoms with Gasteiger partial charge in [0, 0.05) is 6.26 Å². The van der Waals surface area contributed by atoms with Gasteiger partial charge in [-0.1, -0.05) is 20.8 Å². The number of aliphatic hydroxyl groups excluding tert-OH is 1. The van der Waals surface area contributed by atoms with Crippen molar-refractivity contribution in [2.24, 2.45) is 5.41 Å². The van der Waals surface area contributed by atoms with E-state index in [0.717, 1.165) is 0 Å². The molecule has 4 heteroatoms. The number of aliphatic hydroxyl groups is 1. The molecule has 0 aliphatic carbocycles. The van der Waals surface area contributed by atoms with Gasteiger partial charge in [0.05, 0.1) is 11.9 Å². The Kier molecular flexibility index (Phi) is 4.39. The first-order valence-corrected chi connectivity index (χ1v) is 6.52. The van der Waals surface area contributed by atoms with Gasteiger partial charge in [-0.25, -0.2) is 8.42 Å². The molecule has 0 aromatic heterocycles. The van der Waals surface area contributed by atoms with Gasteiger partial charge in [-0.3, -0.25) is 0 Å². The van der Waals surface area contributed by atoms with Gasteiger partial charge in [-0.2, -0.15) is 0 Å². The molecule has 0 amide bonds. The van der Waals surface area contributed by atoms with Crippen LogP contribution in [0.1, 0.15) is 33.6 Å². The Hall–Kier alpha value is -0.0900. The molecule has 0 aliphatic heterocycles. The second kappa shape index (κ2) is 4.42. The van der Waals surface area contributed by atoms with Crippen LogP contribution in [-0.4, -0.2) is 31.6 Å². The molecule has 0 heterocycles. The molecule has 0 aromatic rings. The first kappa shape index (κ1) is 12.9. The molecule has 0 saturated heterocycles. The number of hydrogen-bond donors (Lipinski definition) is 1. The average Bonchev–Trinajstić information content (AvgIpc) is 1.78. The van der Waals surface area contributed by atoms with E-state index < -0.39 is 15.9 Å². The first-order chi connectivity index (χ1) is 5.60. The summed E-state index contributed by atoms with van der Waals surface area (Å²) >= 11 is 0. The Morgan fingerprint density at radius 2 is 1.77 bits per heavy atom. The van der Waals surface area contributed by atoms with Crippen molar-refractivity contribution in [1.29, 1.82) is 0 Å². The first-order valence-electron chi connectivity index (χ1n) is 4.46. The zero-order valence-corrected chi connectivity index (χ0v) is 9.69. The van der Waals surface area contributed by atoms with Crippen molar-refractivity contribution < 1.29 is 13.5 Å². The molecule has 0 radical (unpaired) electrons. The van der Waals surface area contributed by atoms with Gasteiger partial charge >= 0.3 is 0 Å². The van der Waals surface area contributed by atoms with Crippen LogP contribution in [-0.2, 0) is 9.84 Å². The van der Waals surface area contributed by atoms with Gasteiger partial charge in [-0.05, 0) is 18.3 Å². The Morgan fingerprint density at radius 1 is 1.31 bits per heavy atom. The third-order valence-electron chi connectivity index (χ3n) is 1.67. The number of hydrogen-bond acceptors (Lipinski definition) is 3. The summed E-state index contributed by atoms with van der Waals surface area (Å²) in [6.45, 7) is 6.07. The van der Waals surface area contributed by atoms with Gasteiger partial charge in [0.2, 0.25) is 0 Å². The molecule has 1 atom stereocenters. The largest absolute Gasteiger partial charge is 0.393 e. The summed E-state index contributed by atoms with van der Waals surface area (Å²) in [5.74, 6) is 0.0737. The normalized spacial score (nSPS) is 15.8. The van der Waals surface area contributed by atoms with Crippen molar-refractivity contribution in [3.8, 4) is 0 Å². The van der Waals surface area contributed by atoms with Crippen molar-refractivity contribution >= 4 is 9.84 Å². The van der Waals surface area contributed by atoms with Crippen molar-refractivity contribution in [2.45, 2.75) is 39.7 Å². The van der Waals surface area contributed by atoms with Gasteiger partial charge in [-0.15, -0.1) is 0 Å². The summed E-state index contributed by atoms with van der Waals surface area (Å²) in [6, 6.07) is 0. The Bertz CT molecular complexity index is 236. The van der Waals surface area contributed by atoms with Gasteiger partial charge in [0.25, 0.3) is 0 Å². The lowest BCUT2D eigenvalue weighted by molar-refractivity contribution is 0.118. The van der Waals surface area contributed by atoms with E-state index in [1.54, 1.807) is 0 Å². The predicted octanol–water partition coefficient (Wildman–Crippen LogP) is 1.22. The van der Waals surface area contributed by atoms with Crippen molar-refractivity contribution in [2.75, 3.05) is 12.0 Å². The molecule has 0 aliphatic rings. The highest BCUT2D eigenvalue weighted by molar-refractivity contribution is 7.90. The van der Waals surface area contributed by atoms with E-state index in [2.05, 4.69) is 0 Å². The number of rotatable bonds is 4. The molecule has 0 bridgehead atoms. The minimum absolute atomic E-state index is 0.0525. The topological polar surface area (TPSA) is 54.4 Å². The molecule has 1 N–H and O–H groups in total. The monoisotopic (exact) mass is 208 g/mol. The SMILES string of the molecule is CC(C)(C)CC(O)CCS(C)(=O)=O. The van der Waals surface area contributed by atoms with Crippen LogP contribution in [0.2, 0.25) is 0 Å². The minimum atomic E-state index is -2.93. The molecule has 1 unspecified atom stereocenters. The quantitative estimate of drug-likeness (QED) is 0.755. The summed E-state index contributed by atoms with van der Waals surface area (Å²) in [7, 11) is -2.93. The van der Waals surface area contributed by atoms with E-state index in [1.807, 2.05) is 20.8 Å². The molecule has 3 nitrogen and oxygen atoms in total. The van der Waals surface area contributed by atoms with E-state index in [1.165, 1.54) is 6.26 Å². The van der Waals surface area contributed by atoms with Crippen LogP contribution < -0.4 is 0 Å². The van der Waals surface area contributed by atoms with Crippen LogP contribution in [0.15, 0.2) is 0 Å². The lowest BCUT2D eigenvalue weighted by Gasteiger charge is -2.21. The van der Waals surface area contributed by atoms with Crippen LogP contribution in [0.25, 0.3) is 0 Å². The highest BCUT2D eigenvalue weighted by Crippen LogP contribution is 2.22. The van der Waals surface area contributed by atoms with Crippen molar-refractivity contribution in [3.05, 3.63) is 0 Å². The van der Waals surface area contributed by atoms with E-state index in [4.69, 9.17) is 0 Å². The average molecular weight is 208 g/mol. The molecule has 80 valence electrons. The van der Waals surface area contributed by atoms with Gasteiger partial charge < -0.3 is 5.11 Å². The van der Waals surface area contributed by atoms with E-state index in [9.17, 15) is 13.5 Å². The predicted molar refractivity (Wildman–Crippen MR) is 54.4 cm³/mol. The Labute approximate surface area is 81.1 Å². The van der Waals surface area contributed by atoms with Crippen LogP contribution in [0.5, 0.6) is 0 Å². The summed E-state index contributed by atoms with van der Waals surface area (Å²) in [5.41, 5.74) is 0.0525. The molecule has 0 saturated carbocycles. The summed E-state index contributed by atoms with van der Waals surface area (Å²) < 4.78 is 21.6. The second-order valence-corrected chi connectivity index (χ2v) is 7.10. The maximum atomic E-state index is 10.8. The fourth-order valence-electron chi connectivity index (χ4n) is 1.16.